The lowest BCUT2D eigenvalue weighted by atomic mass is 9.95. The molecule has 0 saturated heterocycles. The second kappa shape index (κ2) is 11.2. The van der Waals surface area contributed by atoms with Gasteiger partial charge in [-0.1, -0.05) is 44.2 Å². The first-order chi connectivity index (χ1) is 13.9. The van der Waals surface area contributed by atoms with Gasteiger partial charge in [-0.15, -0.1) is 0 Å². The number of anilines is 1. The van der Waals surface area contributed by atoms with Gasteiger partial charge in [-0.2, -0.15) is 0 Å². The van der Waals surface area contributed by atoms with Crippen LogP contribution in [-0.4, -0.2) is 41.5 Å². The van der Waals surface area contributed by atoms with Crippen molar-refractivity contribution >= 4 is 17.6 Å². The van der Waals surface area contributed by atoms with Crippen LogP contribution in [0.25, 0.3) is 0 Å². The third-order valence-corrected chi connectivity index (χ3v) is 4.91. The number of phenolic OH excluding ortho intramolecular Hbond substituents is 1. The number of amides is 1. The molecule has 156 valence electrons. The van der Waals surface area contributed by atoms with Gasteiger partial charge in [0.05, 0.1) is 5.92 Å². The molecule has 0 spiro atoms. The van der Waals surface area contributed by atoms with Gasteiger partial charge < -0.3 is 20.1 Å². The number of esters is 1. The molecular formula is C23H30N2O4. The van der Waals surface area contributed by atoms with E-state index >= 15 is 0 Å². The number of hydrogen-bond acceptors (Lipinski definition) is 5. The van der Waals surface area contributed by atoms with Crippen LogP contribution in [0.1, 0.15) is 44.2 Å². The SMILES string of the molecule is CCN(CC)CCC(C(=O)OCc1ccccc1O)c1ccc(NC(C)=O)cc1. The van der Waals surface area contributed by atoms with Crippen molar-refractivity contribution in [2.24, 2.45) is 0 Å². The Morgan fingerprint density at radius 2 is 1.72 bits per heavy atom. The summed E-state index contributed by atoms with van der Waals surface area (Å²) in [4.78, 5) is 26.4. The zero-order valence-corrected chi connectivity index (χ0v) is 17.4. The third kappa shape index (κ3) is 6.91. The Labute approximate surface area is 172 Å². The van der Waals surface area contributed by atoms with E-state index in [1.54, 1.807) is 36.4 Å². The summed E-state index contributed by atoms with van der Waals surface area (Å²) in [6.45, 7) is 8.27. The fourth-order valence-electron chi connectivity index (χ4n) is 3.16. The number of rotatable bonds is 10. The molecule has 6 nitrogen and oxygen atoms in total. The second-order valence-electron chi connectivity index (χ2n) is 6.91. The first kappa shape index (κ1) is 22.4. The van der Waals surface area contributed by atoms with Gasteiger partial charge in [0.15, 0.2) is 0 Å². The molecule has 0 fully saturated rings. The lowest BCUT2D eigenvalue weighted by molar-refractivity contribution is -0.147. The van der Waals surface area contributed by atoms with Crippen molar-refractivity contribution in [2.75, 3.05) is 25.0 Å². The maximum atomic E-state index is 12.9. The number of hydrogen-bond donors (Lipinski definition) is 2. The maximum Gasteiger partial charge on any atom is 0.313 e. The minimum absolute atomic E-state index is 0.0251. The number of nitrogens with zero attached hydrogens (tertiary/aromatic N) is 1. The zero-order valence-electron chi connectivity index (χ0n) is 17.4. The van der Waals surface area contributed by atoms with Crippen molar-refractivity contribution in [3.8, 4) is 5.75 Å². The van der Waals surface area contributed by atoms with Crippen molar-refractivity contribution in [2.45, 2.75) is 39.7 Å². The number of carbonyl (C=O) groups excluding carboxylic acids is 2. The van der Waals surface area contributed by atoms with E-state index in [1.807, 2.05) is 12.1 Å². The highest BCUT2D eigenvalue weighted by Crippen LogP contribution is 2.25. The lowest BCUT2D eigenvalue weighted by Crippen LogP contribution is -2.27. The molecule has 2 aromatic rings. The summed E-state index contributed by atoms with van der Waals surface area (Å²) in [6, 6.07) is 14.1. The molecule has 0 heterocycles. The summed E-state index contributed by atoms with van der Waals surface area (Å²) >= 11 is 0. The molecule has 29 heavy (non-hydrogen) atoms. The van der Waals surface area contributed by atoms with Gasteiger partial charge in [-0.05, 0) is 49.8 Å². The summed E-state index contributed by atoms with van der Waals surface area (Å²) < 4.78 is 5.53. The highest BCUT2D eigenvalue weighted by molar-refractivity contribution is 5.88. The lowest BCUT2D eigenvalue weighted by Gasteiger charge is -2.22. The Balaban J connectivity index is 2.13. The van der Waals surface area contributed by atoms with E-state index in [0.29, 0.717) is 17.7 Å². The van der Waals surface area contributed by atoms with E-state index < -0.39 is 5.92 Å². The van der Waals surface area contributed by atoms with Gasteiger partial charge in [0, 0.05) is 18.2 Å². The Morgan fingerprint density at radius 1 is 1.07 bits per heavy atom. The summed E-state index contributed by atoms with van der Waals surface area (Å²) in [6.07, 6.45) is 0.626. The number of para-hydroxylation sites is 1. The first-order valence-corrected chi connectivity index (χ1v) is 9.98. The Hall–Kier alpha value is -2.86. The predicted octanol–water partition coefficient (Wildman–Crippen LogP) is 3.91. The number of ether oxygens (including phenoxy) is 1. The largest absolute Gasteiger partial charge is 0.508 e. The second-order valence-corrected chi connectivity index (χ2v) is 6.91. The van der Waals surface area contributed by atoms with Crippen LogP contribution in [0, 0.1) is 0 Å². The van der Waals surface area contributed by atoms with Crippen LogP contribution >= 0.6 is 0 Å². The molecule has 0 aliphatic carbocycles. The minimum atomic E-state index is -0.423. The van der Waals surface area contributed by atoms with Crippen molar-refractivity contribution < 1.29 is 19.4 Å². The number of phenols is 1. The molecule has 2 N–H and O–H groups in total. The predicted molar refractivity (Wildman–Crippen MR) is 114 cm³/mol. The molecule has 6 heteroatoms. The molecule has 0 aliphatic rings. The summed E-state index contributed by atoms with van der Waals surface area (Å²) in [7, 11) is 0. The van der Waals surface area contributed by atoms with Gasteiger partial charge in [-0.3, -0.25) is 9.59 Å². The fourth-order valence-corrected chi connectivity index (χ4v) is 3.16. The molecule has 1 unspecified atom stereocenters. The highest BCUT2D eigenvalue weighted by Gasteiger charge is 2.23. The number of carbonyl (C=O) groups is 2. The van der Waals surface area contributed by atoms with Crippen molar-refractivity contribution in [1.29, 1.82) is 0 Å². The van der Waals surface area contributed by atoms with Crippen LogP contribution in [0.3, 0.4) is 0 Å². The Kier molecular flexibility index (Phi) is 8.68. The van der Waals surface area contributed by atoms with Gasteiger partial charge in [-0.25, -0.2) is 0 Å². The Bertz CT molecular complexity index is 801. The quantitative estimate of drug-likeness (QED) is 0.593. The molecule has 0 bridgehead atoms. The molecular weight excluding hydrogens is 368 g/mol. The highest BCUT2D eigenvalue weighted by atomic mass is 16.5. The number of aromatic hydroxyl groups is 1. The Morgan fingerprint density at radius 3 is 2.31 bits per heavy atom. The third-order valence-electron chi connectivity index (χ3n) is 4.91. The van der Waals surface area contributed by atoms with Crippen LogP contribution < -0.4 is 5.32 Å². The van der Waals surface area contributed by atoms with E-state index in [4.69, 9.17) is 4.74 Å². The van der Waals surface area contributed by atoms with Crippen molar-refractivity contribution in [3.63, 3.8) is 0 Å². The fraction of sp³-hybridized carbons (Fsp3) is 0.391. The zero-order chi connectivity index (χ0) is 21.2. The molecule has 0 radical (unpaired) electrons. The molecule has 2 rings (SSSR count). The number of benzene rings is 2. The molecule has 0 aromatic heterocycles. The van der Waals surface area contributed by atoms with Crippen LogP contribution in [0.2, 0.25) is 0 Å². The molecule has 2 aromatic carbocycles. The average molecular weight is 399 g/mol. The van der Waals surface area contributed by atoms with E-state index in [0.717, 1.165) is 25.2 Å². The first-order valence-electron chi connectivity index (χ1n) is 9.98. The van der Waals surface area contributed by atoms with Gasteiger partial charge in [0.25, 0.3) is 0 Å². The van der Waals surface area contributed by atoms with Crippen LogP contribution in [0.5, 0.6) is 5.75 Å². The van der Waals surface area contributed by atoms with Crippen LogP contribution in [0.15, 0.2) is 48.5 Å². The van der Waals surface area contributed by atoms with Crippen molar-refractivity contribution in [3.05, 3.63) is 59.7 Å². The minimum Gasteiger partial charge on any atom is -0.508 e. The van der Waals surface area contributed by atoms with E-state index in [-0.39, 0.29) is 24.2 Å². The monoisotopic (exact) mass is 398 g/mol. The van der Waals surface area contributed by atoms with E-state index in [1.165, 1.54) is 6.92 Å². The summed E-state index contributed by atoms with van der Waals surface area (Å²) in [5, 5.41) is 12.6. The van der Waals surface area contributed by atoms with E-state index in [2.05, 4.69) is 24.1 Å². The van der Waals surface area contributed by atoms with Gasteiger partial charge in [0.1, 0.15) is 12.4 Å². The molecule has 1 atom stereocenters. The van der Waals surface area contributed by atoms with Crippen LogP contribution in [0.4, 0.5) is 5.69 Å². The van der Waals surface area contributed by atoms with Gasteiger partial charge in [0.2, 0.25) is 5.91 Å². The maximum absolute atomic E-state index is 12.9. The molecule has 1 amide bonds. The van der Waals surface area contributed by atoms with Crippen molar-refractivity contribution in [1.82, 2.24) is 4.90 Å². The van der Waals surface area contributed by atoms with E-state index in [9.17, 15) is 14.7 Å². The average Bonchev–Trinajstić information content (AvgIpc) is 2.71. The summed E-state index contributed by atoms with van der Waals surface area (Å²) in [5.74, 6) is -0.780. The topological polar surface area (TPSA) is 78.9 Å². The molecule has 0 aliphatic heterocycles. The number of nitrogens with one attached hydrogen (secondary N) is 1. The van der Waals surface area contributed by atoms with Gasteiger partial charge >= 0.3 is 5.97 Å². The van der Waals surface area contributed by atoms with Crippen LogP contribution in [-0.2, 0) is 20.9 Å². The standard InChI is InChI=1S/C23H30N2O4/c1-4-25(5-2)15-14-21(18-10-12-20(13-11-18)24-17(3)26)23(28)29-16-19-8-6-7-9-22(19)27/h6-13,21,27H,4-5,14-16H2,1-3H3,(H,24,26). The summed E-state index contributed by atoms with van der Waals surface area (Å²) in [5.41, 5.74) is 2.10. The molecule has 0 saturated carbocycles. The smallest absolute Gasteiger partial charge is 0.313 e. The normalized spacial score (nSPS) is 11.9.